The van der Waals surface area contributed by atoms with Crippen LogP contribution in [0.25, 0.3) is 0 Å². The van der Waals surface area contributed by atoms with Crippen molar-refractivity contribution in [2.24, 2.45) is 0 Å². The monoisotopic (exact) mass is 317 g/mol. The van der Waals surface area contributed by atoms with E-state index in [4.69, 9.17) is 0 Å². The fourth-order valence-corrected chi connectivity index (χ4v) is 2.49. The molecule has 1 amide bonds. The molecule has 5 nitrogen and oxygen atoms in total. The summed E-state index contributed by atoms with van der Waals surface area (Å²) in [6.07, 6.45) is -2.04. The van der Waals surface area contributed by atoms with Crippen molar-refractivity contribution in [3.63, 3.8) is 0 Å². The zero-order chi connectivity index (χ0) is 16.3. The minimum Gasteiger partial charge on any atom is -0.404 e. The Morgan fingerprint density at radius 2 is 2.00 bits per heavy atom. The van der Waals surface area contributed by atoms with Crippen molar-refractivity contribution in [1.82, 2.24) is 9.88 Å². The fourth-order valence-electron chi connectivity index (χ4n) is 2.49. The summed E-state index contributed by atoms with van der Waals surface area (Å²) in [4.78, 5) is 19.1. The highest BCUT2D eigenvalue weighted by Gasteiger charge is 2.31. The molecule has 0 atom stereocenters. The lowest BCUT2D eigenvalue weighted by Crippen LogP contribution is -2.45. The molecule has 0 radical (unpaired) electrons. The first-order valence-electron chi connectivity index (χ1n) is 6.96. The highest BCUT2D eigenvalue weighted by Crippen LogP contribution is 2.25. The number of aromatic nitrogens is 1. The third-order valence-corrected chi connectivity index (χ3v) is 3.79. The van der Waals surface area contributed by atoms with E-state index in [0.717, 1.165) is 19.0 Å². The lowest BCUT2D eigenvalue weighted by atomic mass is 10.0. The largest absolute Gasteiger partial charge is 0.573 e. The molecule has 1 saturated heterocycles. The smallest absolute Gasteiger partial charge is 0.404 e. The van der Waals surface area contributed by atoms with E-state index in [0.29, 0.717) is 18.9 Å². The summed E-state index contributed by atoms with van der Waals surface area (Å²) >= 11 is 0. The Balaban J connectivity index is 1.93. The van der Waals surface area contributed by atoms with Crippen molar-refractivity contribution in [2.45, 2.75) is 32.2 Å². The summed E-state index contributed by atoms with van der Waals surface area (Å²) in [6, 6.07) is 2.96. The van der Waals surface area contributed by atoms with E-state index in [1.807, 2.05) is 4.90 Å². The van der Waals surface area contributed by atoms with Crippen LogP contribution in [-0.2, 0) is 4.79 Å². The molecule has 1 aromatic rings. The van der Waals surface area contributed by atoms with Crippen LogP contribution in [0.2, 0.25) is 0 Å². The number of alkyl halides is 3. The lowest BCUT2D eigenvalue weighted by molar-refractivity contribution is -0.274. The summed E-state index contributed by atoms with van der Waals surface area (Å²) in [5.41, 5.74) is 0. The molecule has 0 N–H and O–H groups in total. The summed E-state index contributed by atoms with van der Waals surface area (Å²) in [5, 5.41) is 0. The Morgan fingerprint density at radius 3 is 2.45 bits per heavy atom. The maximum absolute atomic E-state index is 12.1. The Bertz CT molecular complexity index is 511. The van der Waals surface area contributed by atoms with E-state index >= 15 is 0 Å². The minimum atomic E-state index is -4.71. The Labute approximate surface area is 126 Å². The molecule has 122 valence electrons. The zero-order valence-electron chi connectivity index (χ0n) is 12.4. The van der Waals surface area contributed by atoms with Crippen LogP contribution in [0.4, 0.5) is 19.0 Å². The number of carbonyl (C=O) groups excluding carboxylic acids is 1. The summed E-state index contributed by atoms with van der Waals surface area (Å²) in [5.74, 6) is 0.311. The van der Waals surface area contributed by atoms with E-state index in [-0.39, 0.29) is 17.7 Å². The lowest BCUT2D eigenvalue weighted by Gasteiger charge is -2.36. The van der Waals surface area contributed by atoms with E-state index in [1.165, 1.54) is 19.1 Å². The van der Waals surface area contributed by atoms with Gasteiger partial charge in [0.1, 0.15) is 11.6 Å². The van der Waals surface area contributed by atoms with Crippen molar-refractivity contribution in [2.75, 3.05) is 25.0 Å². The van der Waals surface area contributed by atoms with Crippen LogP contribution >= 0.6 is 0 Å². The van der Waals surface area contributed by atoms with Crippen molar-refractivity contribution in [1.29, 1.82) is 0 Å². The molecular weight excluding hydrogens is 299 g/mol. The molecule has 2 heterocycles. The van der Waals surface area contributed by atoms with Crippen LogP contribution in [0.15, 0.2) is 18.3 Å². The van der Waals surface area contributed by atoms with E-state index in [2.05, 4.69) is 9.72 Å². The normalized spacial score (nSPS) is 16.5. The van der Waals surface area contributed by atoms with Crippen molar-refractivity contribution in [3.8, 4) is 5.75 Å². The molecule has 0 saturated carbocycles. The summed E-state index contributed by atoms with van der Waals surface area (Å²) < 4.78 is 40.1. The number of pyridine rings is 1. The molecule has 0 aliphatic carbocycles. The maximum atomic E-state index is 12.1. The molecule has 1 aromatic heterocycles. The first-order chi connectivity index (χ1) is 10.3. The summed E-state index contributed by atoms with van der Waals surface area (Å²) in [6.45, 7) is 2.94. The van der Waals surface area contributed by atoms with Crippen LogP contribution in [0.5, 0.6) is 5.75 Å². The van der Waals surface area contributed by atoms with Gasteiger partial charge in [-0.15, -0.1) is 13.2 Å². The van der Waals surface area contributed by atoms with Crippen LogP contribution < -0.4 is 9.64 Å². The highest BCUT2D eigenvalue weighted by atomic mass is 19.4. The molecule has 0 unspecified atom stereocenters. The summed E-state index contributed by atoms with van der Waals surface area (Å²) in [7, 11) is 1.78. The Morgan fingerprint density at radius 1 is 1.36 bits per heavy atom. The second kappa shape index (κ2) is 6.41. The molecule has 1 aliphatic rings. The number of anilines is 1. The van der Waals surface area contributed by atoms with Crippen molar-refractivity contribution >= 4 is 11.7 Å². The molecule has 22 heavy (non-hydrogen) atoms. The van der Waals surface area contributed by atoms with E-state index in [1.54, 1.807) is 11.9 Å². The van der Waals surface area contributed by atoms with Gasteiger partial charge in [0, 0.05) is 33.1 Å². The Hall–Kier alpha value is -1.99. The average molecular weight is 317 g/mol. The second-order valence-corrected chi connectivity index (χ2v) is 5.25. The molecule has 0 spiro atoms. The quantitative estimate of drug-likeness (QED) is 0.859. The third-order valence-electron chi connectivity index (χ3n) is 3.79. The molecule has 1 aliphatic heterocycles. The Kier molecular flexibility index (Phi) is 4.77. The zero-order valence-corrected chi connectivity index (χ0v) is 12.4. The number of halogens is 3. The first-order valence-corrected chi connectivity index (χ1v) is 6.96. The van der Waals surface area contributed by atoms with Crippen LogP contribution in [0.1, 0.15) is 19.8 Å². The number of amides is 1. The van der Waals surface area contributed by atoms with Gasteiger partial charge in [-0.2, -0.15) is 0 Å². The van der Waals surface area contributed by atoms with Crippen molar-refractivity contribution in [3.05, 3.63) is 18.3 Å². The number of ether oxygens (including phenoxy) is 1. The molecule has 2 rings (SSSR count). The molecular formula is C14H18F3N3O2. The van der Waals surface area contributed by atoms with Gasteiger partial charge in [-0.3, -0.25) is 4.79 Å². The fraction of sp³-hybridized carbons (Fsp3) is 0.571. The van der Waals surface area contributed by atoms with Gasteiger partial charge in [-0.25, -0.2) is 4.98 Å². The third kappa shape index (κ3) is 4.25. The standard InChI is InChI=1S/C14H18F3N3O2/c1-10(21)19(2)11-5-7-20(8-6-11)13-4-3-12(9-18-13)22-14(15,16)17/h3-4,9,11H,5-8H2,1-2H3. The van der Waals surface area contributed by atoms with E-state index in [9.17, 15) is 18.0 Å². The van der Waals surface area contributed by atoms with Gasteiger partial charge in [0.15, 0.2) is 0 Å². The highest BCUT2D eigenvalue weighted by molar-refractivity contribution is 5.73. The number of hydrogen-bond acceptors (Lipinski definition) is 4. The van der Waals surface area contributed by atoms with Crippen LogP contribution in [0.3, 0.4) is 0 Å². The average Bonchev–Trinajstić information content (AvgIpc) is 2.46. The van der Waals surface area contributed by atoms with Gasteiger partial charge in [-0.05, 0) is 25.0 Å². The SMILES string of the molecule is CC(=O)N(C)C1CCN(c2ccc(OC(F)(F)F)cn2)CC1. The molecule has 0 aromatic carbocycles. The molecule has 1 fully saturated rings. The first kappa shape index (κ1) is 16.4. The number of hydrogen-bond donors (Lipinski definition) is 0. The minimum absolute atomic E-state index is 0.0326. The van der Waals surface area contributed by atoms with Gasteiger partial charge in [0.05, 0.1) is 6.20 Å². The second-order valence-electron chi connectivity index (χ2n) is 5.25. The number of nitrogens with zero attached hydrogens (tertiary/aromatic N) is 3. The van der Waals surface area contributed by atoms with Crippen LogP contribution in [-0.4, -0.2) is 48.3 Å². The van der Waals surface area contributed by atoms with E-state index < -0.39 is 6.36 Å². The number of piperidine rings is 1. The van der Waals surface area contributed by atoms with Gasteiger partial charge < -0.3 is 14.5 Å². The van der Waals surface area contributed by atoms with Gasteiger partial charge in [0.2, 0.25) is 5.91 Å². The number of rotatable bonds is 3. The van der Waals surface area contributed by atoms with Gasteiger partial charge in [0.25, 0.3) is 0 Å². The number of carbonyl (C=O) groups is 1. The predicted molar refractivity (Wildman–Crippen MR) is 74.6 cm³/mol. The van der Waals surface area contributed by atoms with Crippen LogP contribution in [0, 0.1) is 0 Å². The maximum Gasteiger partial charge on any atom is 0.573 e. The topological polar surface area (TPSA) is 45.7 Å². The predicted octanol–water partition coefficient (Wildman–Crippen LogP) is 2.43. The molecule has 0 bridgehead atoms. The van der Waals surface area contributed by atoms with Gasteiger partial charge >= 0.3 is 6.36 Å². The molecule has 8 heteroatoms. The van der Waals surface area contributed by atoms with Crippen molar-refractivity contribution < 1.29 is 22.7 Å². The van der Waals surface area contributed by atoms with Gasteiger partial charge in [-0.1, -0.05) is 0 Å².